The SMILES string of the molecule is C=C(C)C(N)=O.C=CC(=O)Nc1cc(C(C)(C)C)c(O)c(C(C)(C)C)c1. The van der Waals surface area contributed by atoms with Crippen LogP contribution in [0.1, 0.15) is 59.6 Å². The molecule has 0 aromatic heterocycles. The second-order valence-corrected chi connectivity index (χ2v) is 8.26. The third-order valence-corrected chi connectivity index (χ3v) is 3.60. The van der Waals surface area contributed by atoms with Crippen molar-refractivity contribution >= 4 is 17.5 Å². The molecule has 0 radical (unpaired) electrons. The Kier molecular flexibility index (Phi) is 7.84. The number of nitrogens with two attached hydrogens (primary N) is 1. The van der Waals surface area contributed by atoms with Crippen LogP contribution < -0.4 is 11.1 Å². The van der Waals surface area contributed by atoms with Gasteiger partial charge in [0.1, 0.15) is 5.75 Å². The second-order valence-electron chi connectivity index (χ2n) is 8.26. The lowest BCUT2D eigenvalue weighted by Crippen LogP contribution is -2.18. The smallest absolute Gasteiger partial charge is 0.247 e. The summed E-state index contributed by atoms with van der Waals surface area (Å²) >= 11 is 0. The number of anilines is 1. The fourth-order valence-corrected chi connectivity index (χ4v) is 2.04. The molecule has 2 amide bonds. The summed E-state index contributed by atoms with van der Waals surface area (Å²) in [5.74, 6) is -0.382. The van der Waals surface area contributed by atoms with E-state index in [2.05, 4.69) is 18.5 Å². The summed E-state index contributed by atoms with van der Waals surface area (Å²) in [6, 6.07) is 3.65. The fraction of sp³-hybridized carbons (Fsp3) is 0.429. The first-order chi connectivity index (χ1) is 11.6. The Bertz CT molecular complexity index is 658. The molecule has 0 aliphatic heterocycles. The molecule has 144 valence electrons. The van der Waals surface area contributed by atoms with Crippen LogP contribution in [0.15, 0.2) is 36.9 Å². The van der Waals surface area contributed by atoms with Crippen LogP contribution in [0.4, 0.5) is 5.69 Å². The van der Waals surface area contributed by atoms with Gasteiger partial charge in [0.15, 0.2) is 0 Å². The van der Waals surface area contributed by atoms with Gasteiger partial charge >= 0.3 is 0 Å². The van der Waals surface area contributed by atoms with Crippen molar-refractivity contribution in [2.75, 3.05) is 5.32 Å². The lowest BCUT2D eigenvalue weighted by molar-refractivity contribution is -0.114. The van der Waals surface area contributed by atoms with Gasteiger partial charge in [0.25, 0.3) is 0 Å². The molecular formula is C21H32N2O3. The van der Waals surface area contributed by atoms with Crippen molar-refractivity contribution in [3.8, 4) is 5.75 Å². The van der Waals surface area contributed by atoms with Crippen molar-refractivity contribution in [2.24, 2.45) is 5.73 Å². The molecule has 0 unspecified atom stereocenters. The lowest BCUT2D eigenvalue weighted by atomic mass is 9.79. The van der Waals surface area contributed by atoms with Crippen LogP contribution in [0.25, 0.3) is 0 Å². The first-order valence-corrected chi connectivity index (χ1v) is 8.38. The van der Waals surface area contributed by atoms with Crippen LogP contribution in [0.2, 0.25) is 0 Å². The van der Waals surface area contributed by atoms with Gasteiger partial charge in [0, 0.05) is 22.4 Å². The van der Waals surface area contributed by atoms with Crippen molar-refractivity contribution in [3.63, 3.8) is 0 Å². The van der Waals surface area contributed by atoms with E-state index in [1.807, 2.05) is 53.7 Å². The summed E-state index contributed by atoms with van der Waals surface area (Å²) in [5, 5.41) is 13.3. The molecule has 0 heterocycles. The monoisotopic (exact) mass is 360 g/mol. The van der Waals surface area contributed by atoms with Crippen LogP contribution in [-0.4, -0.2) is 16.9 Å². The van der Waals surface area contributed by atoms with Gasteiger partial charge in [-0.15, -0.1) is 0 Å². The maximum Gasteiger partial charge on any atom is 0.247 e. The minimum absolute atomic E-state index is 0.209. The molecule has 0 saturated carbocycles. The normalized spacial score (nSPS) is 11.0. The molecule has 0 atom stereocenters. The van der Waals surface area contributed by atoms with Gasteiger partial charge in [-0.2, -0.15) is 0 Å². The van der Waals surface area contributed by atoms with Crippen LogP contribution in [0, 0.1) is 0 Å². The average Bonchev–Trinajstić information content (AvgIpc) is 2.46. The lowest BCUT2D eigenvalue weighted by Gasteiger charge is -2.28. The number of carbonyl (C=O) groups is 2. The van der Waals surface area contributed by atoms with E-state index in [-0.39, 0.29) is 16.7 Å². The Hall–Kier alpha value is -2.56. The minimum atomic E-state index is -0.435. The van der Waals surface area contributed by atoms with Gasteiger partial charge in [-0.25, -0.2) is 0 Å². The van der Waals surface area contributed by atoms with E-state index in [1.54, 1.807) is 6.92 Å². The molecule has 5 nitrogen and oxygen atoms in total. The molecule has 26 heavy (non-hydrogen) atoms. The number of phenols is 1. The first-order valence-electron chi connectivity index (χ1n) is 8.38. The number of rotatable bonds is 3. The molecule has 5 heteroatoms. The summed E-state index contributed by atoms with van der Waals surface area (Å²) in [7, 11) is 0. The van der Waals surface area contributed by atoms with Gasteiger partial charge < -0.3 is 16.2 Å². The van der Waals surface area contributed by atoms with Crippen LogP contribution in [0.3, 0.4) is 0 Å². The Morgan fingerprint density at radius 2 is 1.42 bits per heavy atom. The van der Waals surface area contributed by atoms with E-state index in [0.29, 0.717) is 17.0 Å². The zero-order valence-electron chi connectivity index (χ0n) is 17.0. The van der Waals surface area contributed by atoms with Crippen molar-refractivity contribution in [2.45, 2.75) is 59.3 Å². The summed E-state index contributed by atoms with van der Waals surface area (Å²) < 4.78 is 0. The van der Waals surface area contributed by atoms with Crippen LogP contribution in [0.5, 0.6) is 5.75 Å². The van der Waals surface area contributed by atoms with Crippen molar-refractivity contribution < 1.29 is 14.7 Å². The quantitative estimate of drug-likeness (QED) is 0.558. The topological polar surface area (TPSA) is 92.4 Å². The van der Waals surface area contributed by atoms with Crippen molar-refractivity contribution in [3.05, 3.63) is 48.1 Å². The van der Waals surface area contributed by atoms with E-state index in [4.69, 9.17) is 5.73 Å². The zero-order valence-corrected chi connectivity index (χ0v) is 17.0. The van der Waals surface area contributed by atoms with Crippen molar-refractivity contribution in [1.82, 2.24) is 0 Å². The summed E-state index contributed by atoms with van der Waals surface area (Å²) in [6.45, 7) is 20.5. The van der Waals surface area contributed by atoms with E-state index < -0.39 is 5.91 Å². The number of carbonyl (C=O) groups excluding carboxylic acids is 2. The highest BCUT2D eigenvalue weighted by atomic mass is 16.3. The molecule has 0 fully saturated rings. The fourth-order valence-electron chi connectivity index (χ4n) is 2.04. The molecule has 1 aromatic carbocycles. The molecular weight excluding hydrogens is 328 g/mol. The minimum Gasteiger partial charge on any atom is -0.507 e. The van der Waals surface area contributed by atoms with Crippen molar-refractivity contribution in [1.29, 1.82) is 0 Å². The number of primary amides is 1. The third-order valence-electron chi connectivity index (χ3n) is 3.60. The van der Waals surface area contributed by atoms with Gasteiger partial charge in [-0.3, -0.25) is 9.59 Å². The number of amides is 2. The number of phenolic OH excluding ortho intramolecular Hbond substituents is 1. The average molecular weight is 360 g/mol. The Labute approximate surface area is 157 Å². The van der Waals surface area contributed by atoms with Crippen LogP contribution >= 0.6 is 0 Å². The predicted octanol–water partition coefficient (Wildman–Crippen LogP) is 4.16. The van der Waals surface area contributed by atoms with Gasteiger partial charge in [-0.05, 0) is 36.0 Å². The molecule has 1 aromatic rings. The van der Waals surface area contributed by atoms with E-state index in [0.717, 1.165) is 11.1 Å². The number of nitrogens with one attached hydrogen (secondary N) is 1. The highest BCUT2D eigenvalue weighted by Crippen LogP contribution is 2.40. The van der Waals surface area contributed by atoms with E-state index in [9.17, 15) is 14.7 Å². The summed E-state index contributed by atoms with van der Waals surface area (Å²) in [6.07, 6.45) is 1.24. The van der Waals surface area contributed by atoms with Gasteiger partial charge in [0.05, 0.1) is 0 Å². The van der Waals surface area contributed by atoms with Gasteiger partial charge in [0.2, 0.25) is 11.8 Å². The molecule has 0 bridgehead atoms. The number of hydrogen-bond acceptors (Lipinski definition) is 3. The number of benzene rings is 1. The molecule has 0 spiro atoms. The number of hydrogen-bond donors (Lipinski definition) is 3. The zero-order chi connectivity index (χ0) is 20.9. The first kappa shape index (κ1) is 23.4. The number of aromatic hydroxyl groups is 1. The van der Waals surface area contributed by atoms with E-state index >= 15 is 0 Å². The molecule has 0 saturated heterocycles. The molecule has 0 aliphatic rings. The molecule has 4 N–H and O–H groups in total. The summed E-state index contributed by atoms with van der Waals surface area (Å²) in [5.41, 5.74) is 7.01. The maximum atomic E-state index is 11.5. The van der Waals surface area contributed by atoms with E-state index in [1.165, 1.54) is 6.08 Å². The molecule has 0 aliphatic carbocycles. The largest absolute Gasteiger partial charge is 0.507 e. The standard InChI is InChI=1S/C17H25NO2.C4H7NO/c1-8-14(19)18-11-9-12(16(2,3)4)15(20)13(10-11)17(5,6)7;1-3(2)4(5)6/h8-10,20H,1H2,2-7H3,(H,18,19);1H2,2H3,(H2,5,6). The Morgan fingerprint density at radius 3 is 1.65 bits per heavy atom. The second kappa shape index (κ2) is 8.70. The third kappa shape index (κ3) is 7.13. The Morgan fingerprint density at radius 1 is 1.08 bits per heavy atom. The summed E-state index contributed by atoms with van der Waals surface area (Å²) in [4.78, 5) is 21.3. The highest BCUT2D eigenvalue weighted by molar-refractivity contribution is 5.99. The van der Waals surface area contributed by atoms with Gasteiger partial charge in [-0.1, -0.05) is 54.7 Å². The maximum absolute atomic E-state index is 11.5. The Balaban J connectivity index is 0.000000896. The van der Waals surface area contributed by atoms with Crippen LogP contribution in [-0.2, 0) is 20.4 Å². The highest BCUT2D eigenvalue weighted by Gasteiger charge is 2.26. The predicted molar refractivity (Wildman–Crippen MR) is 108 cm³/mol. The molecule has 1 rings (SSSR count).